The predicted molar refractivity (Wildman–Crippen MR) is 139 cm³/mol. The lowest BCUT2D eigenvalue weighted by Crippen LogP contribution is -2.43. The number of hydrogen-bond acceptors (Lipinski definition) is 5. The van der Waals surface area contributed by atoms with Gasteiger partial charge in [-0.3, -0.25) is 19.2 Å². The normalized spacial score (nSPS) is 17.1. The van der Waals surface area contributed by atoms with Crippen LogP contribution in [0.4, 0.5) is 0 Å². The minimum Gasteiger partial charge on any atom is -0.379 e. The molecular weight excluding hydrogens is 464 g/mol. The molecule has 184 valence electrons. The second-order valence-electron chi connectivity index (χ2n) is 9.38. The topological polar surface area (TPSA) is 80.8 Å². The number of hydrogen-bond donors (Lipinski definition) is 1. The van der Waals surface area contributed by atoms with Gasteiger partial charge in [0, 0.05) is 49.6 Å². The maximum Gasteiger partial charge on any atom is 0.254 e. The van der Waals surface area contributed by atoms with Gasteiger partial charge in [-0.05, 0) is 54.7 Å². The predicted octanol–water partition coefficient (Wildman–Crippen LogP) is 3.30. The Morgan fingerprint density at radius 1 is 0.943 bits per heavy atom. The van der Waals surface area contributed by atoms with Crippen molar-refractivity contribution in [1.29, 1.82) is 0 Å². The molecule has 0 unspecified atom stereocenters. The van der Waals surface area contributed by atoms with Gasteiger partial charge in [0.2, 0.25) is 5.43 Å². The van der Waals surface area contributed by atoms with E-state index in [2.05, 4.69) is 20.7 Å². The molecule has 0 bridgehead atoms. The highest BCUT2D eigenvalue weighted by molar-refractivity contribution is 6.30. The fraction of sp³-hybridized carbons (Fsp3) is 0.407. The number of rotatable bonds is 6. The number of carbonyl (C=O) groups excluding carboxylic acids is 1. The van der Waals surface area contributed by atoms with Gasteiger partial charge in [-0.15, -0.1) is 0 Å². The van der Waals surface area contributed by atoms with Crippen molar-refractivity contribution in [3.63, 3.8) is 0 Å². The number of pyridine rings is 1. The van der Waals surface area contributed by atoms with Gasteiger partial charge in [-0.2, -0.15) is 0 Å². The minimum atomic E-state index is -0.690. The Kier molecular flexibility index (Phi) is 7.09. The van der Waals surface area contributed by atoms with Gasteiger partial charge < -0.3 is 15.5 Å². The van der Waals surface area contributed by atoms with Gasteiger partial charge in [0.15, 0.2) is 0 Å². The van der Waals surface area contributed by atoms with Crippen LogP contribution in [0.25, 0.3) is 10.9 Å². The summed E-state index contributed by atoms with van der Waals surface area (Å²) in [7, 11) is 0. The Morgan fingerprint density at radius 2 is 1.63 bits per heavy atom. The first kappa shape index (κ1) is 23.9. The van der Waals surface area contributed by atoms with Gasteiger partial charge in [0.25, 0.3) is 5.91 Å². The first-order valence-corrected chi connectivity index (χ1v) is 12.7. The zero-order chi connectivity index (χ0) is 24.4. The number of nitrogens with two attached hydrogens (primary N) is 1. The minimum absolute atomic E-state index is 0.0709. The number of piperidine rings is 1. The first-order chi connectivity index (χ1) is 17.0. The number of carbonyl (C=O) groups is 1. The Balaban J connectivity index is 1.67. The fourth-order valence-electron chi connectivity index (χ4n) is 5.20. The van der Waals surface area contributed by atoms with Crippen molar-refractivity contribution in [3.8, 4) is 0 Å². The molecule has 0 radical (unpaired) electrons. The monoisotopic (exact) mass is 494 g/mol. The molecule has 2 aromatic carbocycles. The summed E-state index contributed by atoms with van der Waals surface area (Å²) < 4.78 is 7.55. The van der Waals surface area contributed by atoms with Crippen LogP contribution in [0, 0.1) is 0 Å². The summed E-state index contributed by atoms with van der Waals surface area (Å²) in [5.74, 6) is -0.690. The Bertz CT molecular complexity index is 1280. The van der Waals surface area contributed by atoms with Crippen molar-refractivity contribution in [3.05, 3.63) is 80.1 Å². The molecule has 8 heteroatoms. The van der Waals surface area contributed by atoms with E-state index in [-0.39, 0.29) is 11.0 Å². The third kappa shape index (κ3) is 5.08. The van der Waals surface area contributed by atoms with Gasteiger partial charge in [-0.1, -0.05) is 29.8 Å². The van der Waals surface area contributed by atoms with E-state index >= 15 is 0 Å². The summed E-state index contributed by atoms with van der Waals surface area (Å²) in [5, 5.41) is 3.43. The van der Waals surface area contributed by atoms with Crippen molar-refractivity contribution in [1.82, 2.24) is 9.58 Å². The van der Waals surface area contributed by atoms with Crippen LogP contribution in [-0.2, 0) is 17.7 Å². The number of halogens is 1. The molecule has 0 atom stereocenters. The second-order valence-corrected chi connectivity index (χ2v) is 9.82. The molecule has 2 N–H and O–H groups in total. The highest BCUT2D eigenvalue weighted by atomic mass is 35.5. The summed E-state index contributed by atoms with van der Waals surface area (Å²) in [6.07, 6.45) is 3.71. The molecule has 0 aliphatic carbocycles. The third-order valence-electron chi connectivity index (χ3n) is 6.96. The quantitative estimate of drug-likeness (QED) is 0.568. The summed E-state index contributed by atoms with van der Waals surface area (Å²) in [5.41, 5.74) is 9.09. The summed E-state index contributed by atoms with van der Waals surface area (Å²) in [4.78, 5) is 28.8. The maximum atomic E-state index is 13.7. The van der Waals surface area contributed by atoms with E-state index in [1.165, 1.54) is 6.42 Å². The zero-order valence-corrected chi connectivity index (χ0v) is 20.6. The molecule has 2 aliphatic heterocycles. The van der Waals surface area contributed by atoms with E-state index < -0.39 is 5.91 Å². The van der Waals surface area contributed by atoms with Gasteiger partial charge in [-0.25, -0.2) is 0 Å². The number of ether oxygens (including phenoxy) is 1. The second kappa shape index (κ2) is 10.4. The van der Waals surface area contributed by atoms with Gasteiger partial charge in [0.05, 0.1) is 24.4 Å². The van der Waals surface area contributed by atoms with Crippen molar-refractivity contribution < 1.29 is 9.53 Å². The molecular formula is C27H31ClN4O3. The third-order valence-corrected chi connectivity index (χ3v) is 7.21. The number of amides is 1. The number of nitrogens with zero attached hydrogens (tertiary/aromatic N) is 3. The van der Waals surface area contributed by atoms with E-state index in [1.54, 1.807) is 0 Å². The van der Waals surface area contributed by atoms with E-state index in [0.717, 1.165) is 75.4 Å². The Morgan fingerprint density at radius 3 is 2.31 bits per heavy atom. The Hall–Kier alpha value is -2.87. The summed E-state index contributed by atoms with van der Waals surface area (Å²) in [6.45, 7) is 5.62. The summed E-state index contributed by atoms with van der Waals surface area (Å²) in [6, 6.07) is 13.5. The average Bonchev–Trinajstić information content (AvgIpc) is 2.87. The number of aromatic nitrogens is 1. The number of benzene rings is 2. The van der Waals surface area contributed by atoms with Crippen LogP contribution in [0.15, 0.2) is 47.3 Å². The molecule has 35 heavy (non-hydrogen) atoms. The van der Waals surface area contributed by atoms with Crippen LogP contribution in [0.3, 0.4) is 0 Å². The molecule has 2 aliphatic rings. The van der Waals surface area contributed by atoms with Crippen molar-refractivity contribution >= 4 is 28.4 Å². The van der Waals surface area contributed by atoms with E-state index in [0.29, 0.717) is 22.5 Å². The lowest BCUT2D eigenvalue weighted by molar-refractivity contribution is 0.0342. The highest BCUT2D eigenvalue weighted by Gasteiger charge is 2.25. The smallest absolute Gasteiger partial charge is 0.254 e. The van der Waals surface area contributed by atoms with Gasteiger partial charge >= 0.3 is 0 Å². The SMILES string of the molecule is NC(=O)c1c(Cc2ccc(Cl)cc2)n(N2CCCCC2)c2ccc(CN3CCOCC3)cc2c1=O. The standard InChI is InChI=1S/C27H31ClN4O3/c28-21-7-4-19(5-8-21)17-24-25(27(29)34)26(33)22-16-20(18-30-12-14-35-15-13-30)6-9-23(22)32(24)31-10-2-1-3-11-31/h4-9,16H,1-3,10-15,17-18H2,(H2,29,34). The molecule has 1 aromatic heterocycles. The largest absolute Gasteiger partial charge is 0.379 e. The molecule has 3 aromatic rings. The van der Waals surface area contributed by atoms with Crippen molar-refractivity contribution in [2.75, 3.05) is 44.4 Å². The fourth-order valence-corrected chi connectivity index (χ4v) is 5.32. The molecule has 5 rings (SSSR count). The summed E-state index contributed by atoms with van der Waals surface area (Å²) >= 11 is 6.09. The van der Waals surface area contributed by atoms with E-state index in [1.807, 2.05) is 36.4 Å². The van der Waals surface area contributed by atoms with Crippen LogP contribution >= 0.6 is 11.6 Å². The van der Waals surface area contributed by atoms with Crippen LogP contribution in [0.5, 0.6) is 0 Å². The average molecular weight is 495 g/mol. The molecule has 0 saturated carbocycles. The molecule has 1 amide bonds. The maximum absolute atomic E-state index is 13.7. The highest BCUT2D eigenvalue weighted by Crippen LogP contribution is 2.24. The zero-order valence-electron chi connectivity index (χ0n) is 19.8. The molecule has 7 nitrogen and oxygen atoms in total. The molecule has 2 saturated heterocycles. The lowest BCUT2D eigenvalue weighted by Gasteiger charge is -2.35. The Labute approximate surface area is 210 Å². The van der Waals surface area contributed by atoms with Crippen LogP contribution < -0.4 is 16.2 Å². The molecule has 3 heterocycles. The van der Waals surface area contributed by atoms with Crippen LogP contribution in [-0.4, -0.2) is 54.9 Å². The number of primary amides is 1. The van der Waals surface area contributed by atoms with E-state index in [9.17, 15) is 9.59 Å². The van der Waals surface area contributed by atoms with Crippen molar-refractivity contribution in [2.24, 2.45) is 5.73 Å². The molecule has 0 spiro atoms. The van der Waals surface area contributed by atoms with Crippen molar-refractivity contribution in [2.45, 2.75) is 32.2 Å². The van der Waals surface area contributed by atoms with Crippen LogP contribution in [0.2, 0.25) is 5.02 Å². The number of morpholine rings is 1. The number of fused-ring (bicyclic) bond motifs is 1. The van der Waals surface area contributed by atoms with Gasteiger partial charge in [0.1, 0.15) is 5.56 Å². The van der Waals surface area contributed by atoms with E-state index in [4.69, 9.17) is 22.1 Å². The molecule has 2 fully saturated rings. The lowest BCUT2D eigenvalue weighted by atomic mass is 10.00. The van der Waals surface area contributed by atoms with Crippen LogP contribution in [0.1, 0.15) is 46.4 Å². The first-order valence-electron chi connectivity index (χ1n) is 12.3.